The minimum absolute atomic E-state index is 0.563. The van der Waals surface area contributed by atoms with Gasteiger partial charge in [-0.15, -0.1) is 0 Å². The number of hydrogen-bond donors (Lipinski definition) is 2. The summed E-state index contributed by atoms with van der Waals surface area (Å²) in [6.07, 6.45) is 2.40. The zero-order chi connectivity index (χ0) is 12.7. The van der Waals surface area contributed by atoms with Crippen molar-refractivity contribution in [1.29, 1.82) is 5.26 Å². The molecule has 3 N–H and O–H groups in total. The lowest BCUT2D eigenvalue weighted by molar-refractivity contribution is 0.243. The Kier molecular flexibility index (Phi) is 5.91. The first-order valence-electron chi connectivity index (χ1n) is 5.66. The molecule has 17 heavy (non-hydrogen) atoms. The van der Waals surface area contributed by atoms with Crippen molar-refractivity contribution in [3.05, 3.63) is 11.1 Å². The summed E-state index contributed by atoms with van der Waals surface area (Å²) in [4.78, 5) is 7.58. The first-order valence-corrected chi connectivity index (χ1v) is 6.48. The zero-order valence-corrected chi connectivity index (χ0v) is 11.1. The smallest absolute Gasteiger partial charge is 0.197 e. The summed E-state index contributed by atoms with van der Waals surface area (Å²) < 4.78 is 0. The molecule has 1 aromatic heterocycles. The van der Waals surface area contributed by atoms with E-state index in [1.165, 1.54) is 0 Å². The topological polar surface area (TPSA) is 78.0 Å². The molecule has 94 valence electrons. The Morgan fingerprint density at radius 3 is 2.94 bits per heavy atom. The first-order chi connectivity index (χ1) is 8.15. The molecule has 0 aliphatic heterocycles. The molecule has 0 radical (unpaired) electrons. The van der Waals surface area contributed by atoms with Gasteiger partial charge in [0, 0.05) is 37.1 Å². The highest BCUT2D eigenvalue weighted by molar-refractivity contribution is 7.15. The second-order valence-corrected chi connectivity index (χ2v) is 5.43. The number of nitriles is 1. The molecule has 1 aromatic rings. The first kappa shape index (κ1) is 13.9. The molecule has 0 fully saturated rings. The molecule has 0 aromatic carbocycles. The molecule has 0 saturated carbocycles. The number of nitrogen functional groups attached to an aromatic ring is 1. The molecular weight excluding hydrogens is 234 g/mol. The van der Waals surface area contributed by atoms with Crippen LogP contribution in [0.1, 0.15) is 25.1 Å². The van der Waals surface area contributed by atoms with Gasteiger partial charge in [0.15, 0.2) is 5.13 Å². The van der Waals surface area contributed by atoms with E-state index >= 15 is 0 Å². The van der Waals surface area contributed by atoms with Gasteiger partial charge < -0.3 is 0 Å². The Balaban J connectivity index is 2.55. The molecule has 0 aliphatic rings. The Bertz CT molecular complexity index is 368. The third-order valence-corrected chi connectivity index (χ3v) is 3.13. The maximum absolute atomic E-state index is 8.64. The summed E-state index contributed by atoms with van der Waals surface area (Å²) in [5.74, 6) is 5.89. The van der Waals surface area contributed by atoms with Crippen molar-refractivity contribution in [3.8, 4) is 6.07 Å². The largest absolute Gasteiger partial charge is 0.300 e. The van der Waals surface area contributed by atoms with Gasteiger partial charge in [-0.25, -0.2) is 10.8 Å². The Labute approximate surface area is 106 Å². The van der Waals surface area contributed by atoms with Crippen molar-refractivity contribution < 1.29 is 0 Å². The molecule has 0 spiro atoms. The lowest BCUT2D eigenvalue weighted by atomic mass is 10.2. The lowest BCUT2D eigenvalue weighted by Gasteiger charge is -2.22. The summed E-state index contributed by atoms with van der Waals surface area (Å²) in [7, 11) is 0. The van der Waals surface area contributed by atoms with Crippen LogP contribution in [-0.4, -0.2) is 23.0 Å². The maximum atomic E-state index is 8.64. The van der Waals surface area contributed by atoms with E-state index in [2.05, 4.69) is 35.2 Å². The van der Waals surface area contributed by atoms with Crippen LogP contribution in [0.2, 0.25) is 0 Å². The fraction of sp³-hybridized carbons (Fsp3) is 0.636. The van der Waals surface area contributed by atoms with Crippen molar-refractivity contribution in [2.24, 2.45) is 11.8 Å². The molecule has 1 heterocycles. The van der Waals surface area contributed by atoms with Crippen LogP contribution in [0.4, 0.5) is 5.13 Å². The van der Waals surface area contributed by atoms with E-state index in [9.17, 15) is 0 Å². The van der Waals surface area contributed by atoms with E-state index in [1.54, 1.807) is 11.3 Å². The third-order valence-electron chi connectivity index (χ3n) is 2.22. The van der Waals surface area contributed by atoms with E-state index < -0.39 is 0 Å². The Morgan fingerprint density at radius 1 is 1.65 bits per heavy atom. The van der Waals surface area contributed by atoms with Crippen LogP contribution >= 0.6 is 11.3 Å². The normalized spacial score (nSPS) is 10.8. The summed E-state index contributed by atoms with van der Waals surface area (Å²) >= 11 is 1.55. The van der Waals surface area contributed by atoms with Crippen LogP contribution in [0.15, 0.2) is 6.20 Å². The van der Waals surface area contributed by atoms with Gasteiger partial charge in [0.1, 0.15) is 0 Å². The standard InChI is InChI=1S/C11H19N5S/c1-9(2)7-16(5-3-4-12)8-10-6-14-11(15-13)17-10/h6,9H,3,5,7-8,13H2,1-2H3,(H,14,15). The number of thiazole rings is 1. The predicted octanol–water partition coefficient (Wildman–Crippen LogP) is 1.80. The zero-order valence-electron chi connectivity index (χ0n) is 10.3. The van der Waals surface area contributed by atoms with E-state index in [0.717, 1.165) is 29.6 Å². The van der Waals surface area contributed by atoms with E-state index in [4.69, 9.17) is 11.1 Å². The molecule has 0 aliphatic carbocycles. The second-order valence-electron chi connectivity index (χ2n) is 4.31. The molecular formula is C11H19N5S. The molecule has 0 atom stereocenters. The number of aromatic nitrogens is 1. The van der Waals surface area contributed by atoms with Gasteiger partial charge in [-0.3, -0.25) is 10.3 Å². The van der Waals surface area contributed by atoms with Crippen LogP contribution in [0.25, 0.3) is 0 Å². The summed E-state index contributed by atoms with van der Waals surface area (Å²) in [5, 5.41) is 9.37. The minimum Gasteiger partial charge on any atom is -0.300 e. The highest BCUT2D eigenvalue weighted by Crippen LogP contribution is 2.19. The summed E-state index contributed by atoms with van der Waals surface area (Å²) in [6, 6.07) is 2.19. The molecule has 0 amide bonds. The van der Waals surface area contributed by atoms with Crippen molar-refractivity contribution in [3.63, 3.8) is 0 Å². The number of nitrogens with one attached hydrogen (secondary N) is 1. The van der Waals surface area contributed by atoms with E-state index in [-0.39, 0.29) is 0 Å². The van der Waals surface area contributed by atoms with Crippen LogP contribution in [0.5, 0.6) is 0 Å². The van der Waals surface area contributed by atoms with Crippen LogP contribution in [0, 0.1) is 17.2 Å². The van der Waals surface area contributed by atoms with E-state index in [0.29, 0.717) is 12.3 Å². The number of hydrogen-bond acceptors (Lipinski definition) is 6. The van der Waals surface area contributed by atoms with Gasteiger partial charge in [-0.2, -0.15) is 5.26 Å². The number of rotatable bonds is 7. The van der Waals surface area contributed by atoms with Crippen LogP contribution < -0.4 is 11.3 Å². The highest BCUT2D eigenvalue weighted by atomic mass is 32.1. The molecule has 5 nitrogen and oxygen atoms in total. The van der Waals surface area contributed by atoms with Crippen molar-refractivity contribution in [2.75, 3.05) is 18.5 Å². The lowest BCUT2D eigenvalue weighted by Crippen LogP contribution is -2.27. The van der Waals surface area contributed by atoms with Gasteiger partial charge in [0.25, 0.3) is 0 Å². The third kappa shape index (κ3) is 5.13. The Morgan fingerprint density at radius 2 is 2.41 bits per heavy atom. The van der Waals surface area contributed by atoms with Crippen molar-refractivity contribution in [2.45, 2.75) is 26.8 Å². The van der Waals surface area contributed by atoms with Crippen molar-refractivity contribution >= 4 is 16.5 Å². The number of nitrogens with zero attached hydrogens (tertiary/aromatic N) is 3. The Hall–Kier alpha value is -1.16. The average Bonchev–Trinajstić information content (AvgIpc) is 2.73. The minimum atomic E-state index is 0.563. The second kappa shape index (κ2) is 7.22. The molecule has 0 bridgehead atoms. The maximum Gasteiger partial charge on any atom is 0.197 e. The van der Waals surface area contributed by atoms with Crippen molar-refractivity contribution in [1.82, 2.24) is 9.88 Å². The van der Waals surface area contributed by atoms with Gasteiger partial charge in [-0.1, -0.05) is 25.2 Å². The quantitative estimate of drug-likeness (QED) is 0.572. The summed E-state index contributed by atoms with van der Waals surface area (Å²) in [6.45, 7) is 6.99. The average molecular weight is 253 g/mol. The predicted molar refractivity (Wildman–Crippen MR) is 70.3 cm³/mol. The van der Waals surface area contributed by atoms with Gasteiger partial charge in [-0.05, 0) is 5.92 Å². The van der Waals surface area contributed by atoms with Crippen LogP contribution in [0.3, 0.4) is 0 Å². The molecule has 1 rings (SSSR count). The summed E-state index contributed by atoms with van der Waals surface area (Å²) in [5.41, 5.74) is 2.54. The number of hydrazine groups is 1. The van der Waals surface area contributed by atoms with Crippen LogP contribution in [-0.2, 0) is 6.54 Å². The fourth-order valence-corrected chi connectivity index (χ4v) is 2.39. The number of nitrogens with two attached hydrogens (primary N) is 1. The monoisotopic (exact) mass is 253 g/mol. The number of anilines is 1. The molecule has 0 saturated heterocycles. The highest BCUT2D eigenvalue weighted by Gasteiger charge is 2.10. The molecule has 0 unspecified atom stereocenters. The van der Waals surface area contributed by atoms with Gasteiger partial charge >= 0.3 is 0 Å². The van der Waals surface area contributed by atoms with Gasteiger partial charge in [0.2, 0.25) is 0 Å². The van der Waals surface area contributed by atoms with Gasteiger partial charge in [0.05, 0.1) is 6.07 Å². The van der Waals surface area contributed by atoms with E-state index in [1.807, 2.05) is 6.20 Å². The molecule has 6 heteroatoms. The SMILES string of the molecule is CC(C)CN(CCC#N)Cc1cnc(NN)s1. The fourth-order valence-electron chi connectivity index (χ4n) is 1.63.